The predicted molar refractivity (Wildman–Crippen MR) is 108 cm³/mol. The average molecular weight is 384 g/mol. The molecule has 25 heavy (non-hydrogen) atoms. The van der Waals surface area contributed by atoms with Gasteiger partial charge in [-0.25, -0.2) is 8.93 Å². The van der Waals surface area contributed by atoms with Crippen LogP contribution in [0.2, 0.25) is 0 Å². The van der Waals surface area contributed by atoms with Gasteiger partial charge in [-0.15, -0.1) is 11.3 Å². The van der Waals surface area contributed by atoms with Crippen molar-refractivity contribution in [2.24, 2.45) is 0 Å². The van der Waals surface area contributed by atoms with Crippen molar-refractivity contribution in [2.75, 3.05) is 13.2 Å². The number of hydrogen-bond donors (Lipinski definition) is 2. The largest absolute Gasteiger partial charge is 0.480 e. The highest BCUT2D eigenvalue weighted by Crippen LogP contribution is 2.28. The van der Waals surface area contributed by atoms with Crippen molar-refractivity contribution in [1.82, 2.24) is 15.0 Å². The Morgan fingerprint density at radius 1 is 1.48 bits per heavy atom. The summed E-state index contributed by atoms with van der Waals surface area (Å²) in [5.41, 5.74) is 2.48. The van der Waals surface area contributed by atoms with E-state index in [-0.39, 0.29) is 5.54 Å². The normalized spacial score (nSPS) is 14.3. The molecule has 0 aliphatic rings. The molecule has 140 valence electrons. The number of ether oxygens (including phenoxy) is 1. The molecule has 0 amide bonds. The van der Waals surface area contributed by atoms with Gasteiger partial charge in [0.15, 0.2) is 5.88 Å². The zero-order chi connectivity index (χ0) is 18.9. The summed E-state index contributed by atoms with van der Waals surface area (Å²) in [5, 5.41) is 3.11. The molecule has 0 aliphatic heterocycles. The van der Waals surface area contributed by atoms with E-state index in [0.29, 0.717) is 25.5 Å². The molecule has 2 N–H and O–H groups in total. The van der Waals surface area contributed by atoms with Crippen LogP contribution >= 0.6 is 11.3 Å². The molecule has 0 bridgehead atoms. The lowest BCUT2D eigenvalue weighted by atomic mass is 10.1. The van der Waals surface area contributed by atoms with Crippen molar-refractivity contribution < 1.29 is 8.95 Å². The number of thiazole rings is 1. The van der Waals surface area contributed by atoms with Crippen LogP contribution in [0.5, 0.6) is 0 Å². The van der Waals surface area contributed by atoms with Gasteiger partial charge in [0.2, 0.25) is 0 Å². The van der Waals surface area contributed by atoms with Crippen molar-refractivity contribution in [1.29, 1.82) is 0 Å². The van der Waals surface area contributed by atoms with Crippen LogP contribution in [0.4, 0.5) is 0 Å². The Kier molecular flexibility index (Phi) is 9.10. The van der Waals surface area contributed by atoms with Gasteiger partial charge in [0.25, 0.3) is 0 Å². The zero-order valence-corrected chi connectivity index (χ0v) is 17.4. The lowest BCUT2D eigenvalue weighted by molar-refractivity contribution is 0.208. The maximum Gasteiger partial charge on any atom is 0.179 e. The first kappa shape index (κ1) is 21.6. The Bertz CT molecular complexity index is 629. The van der Waals surface area contributed by atoms with E-state index in [1.807, 2.05) is 46.8 Å². The van der Waals surface area contributed by atoms with Crippen molar-refractivity contribution in [3.05, 3.63) is 46.1 Å². The average Bonchev–Trinajstić information content (AvgIpc) is 3.02. The molecular weight excluding hydrogens is 354 g/mol. The standard InChI is InChI=1S/C18H29N3O2S2/c1-7-15(16-12-19-13-24-16)17(25(22)21-18(4,5)6)10-9-11-20-14(3)23-8-2/h7,10,12-13,20-21H,3,8-9,11H2,1-2,4-6H3/b15-7-,17-10+. The second kappa shape index (κ2) is 10.5. The molecule has 0 saturated heterocycles. The van der Waals surface area contributed by atoms with Crippen molar-refractivity contribution >= 4 is 27.9 Å². The number of allylic oxidation sites excluding steroid dienone is 2. The third kappa shape index (κ3) is 7.98. The van der Waals surface area contributed by atoms with E-state index >= 15 is 0 Å². The summed E-state index contributed by atoms with van der Waals surface area (Å²) in [6.45, 7) is 14.9. The Hall–Kier alpha value is -1.44. The first-order valence-electron chi connectivity index (χ1n) is 8.29. The lowest BCUT2D eigenvalue weighted by Gasteiger charge is -2.21. The summed E-state index contributed by atoms with van der Waals surface area (Å²) in [7, 11) is -1.32. The van der Waals surface area contributed by atoms with Gasteiger partial charge in [-0.1, -0.05) is 12.2 Å². The smallest absolute Gasteiger partial charge is 0.179 e. The molecule has 0 aliphatic carbocycles. The molecule has 0 saturated carbocycles. The van der Waals surface area contributed by atoms with E-state index in [4.69, 9.17) is 4.74 Å². The van der Waals surface area contributed by atoms with Crippen LogP contribution in [-0.4, -0.2) is 27.9 Å². The van der Waals surface area contributed by atoms with Crippen molar-refractivity contribution in [3.63, 3.8) is 0 Å². The molecule has 1 unspecified atom stereocenters. The van der Waals surface area contributed by atoms with Gasteiger partial charge in [0.05, 0.1) is 21.9 Å². The van der Waals surface area contributed by atoms with Crippen LogP contribution in [0.1, 0.15) is 45.9 Å². The molecular formula is C18H29N3O2S2. The van der Waals surface area contributed by atoms with Crippen LogP contribution < -0.4 is 10.0 Å². The molecule has 1 aromatic rings. The topological polar surface area (TPSA) is 63.2 Å². The first-order chi connectivity index (χ1) is 11.8. The fourth-order valence-corrected chi connectivity index (χ4v) is 4.15. The highest BCUT2D eigenvalue weighted by Gasteiger charge is 2.20. The van der Waals surface area contributed by atoms with Crippen molar-refractivity contribution in [2.45, 2.75) is 46.6 Å². The summed E-state index contributed by atoms with van der Waals surface area (Å²) in [5.74, 6) is 0.556. The minimum absolute atomic E-state index is 0.252. The number of nitrogens with one attached hydrogen (secondary N) is 2. The summed E-state index contributed by atoms with van der Waals surface area (Å²) < 4.78 is 21.3. The minimum atomic E-state index is -1.32. The van der Waals surface area contributed by atoms with E-state index < -0.39 is 11.0 Å². The Balaban J connectivity index is 2.93. The molecule has 5 nitrogen and oxygen atoms in total. The van der Waals surface area contributed by atoms with Gasteiger partial charge in [0.1, 0.15) is 11.0 Å². The number of hydrogen-bond acceptors (Lipinski definition) is 5. The molecule has 1 heterocycles. The van der Waals surface area contributed by atoms with E-state index in [2.05, 4.69) is 21.6 Å². The van der Waals surface area contributed by atoms with Gasteiger partial charge < -0.3 is 10.1 Å². The second-order valence-corrected chi connectivity index (χ2v) is 8.40. The van der Waals surface area contributed by atoms with Crippen LogP contribution in [-0.2, 0) is 15.7 Å². The summed E-state index contributed by atoms with van der Waals surface area (Å²) >= 11 is 1.54. The molecule has 0 spiro atoms. The third-order valence-corrected chi connectivity index (χ3v) is 5.36. The van der Waals surface area contributed by atoms with Gasteiger partial charge in [-0.05, 0) is 47.6 Å². The molecule has 1 rings (SSSR count). The summed E-state index contributed by atoms with van der Waals surface area (Å²) in [6.07, 6.45) is 6.48. The zero-order valence-electron chi connectivity index (χ0n) is 15.7. The van der Waals surface area contributed by atoms with E-state index in [1.165, 1.54) is 11.3 Å². The molecule has 0 fully saturated rings. The molecule has 0 radical (unpaired) electrons. The van der Waals surface area contributed by atoms with E-state index in [9.17, 15) is 4.21 Å². The fraction of sp³-hybridized carbons (Fsp3) is 0.500. The molecule has 1 atom stereocenters. The number of nitrogens with zero attached hydrogens (tertiary/aromatic N) is 1. The van der Waals surface area contributed by atoms with Crippen molar-refractivity contribution in [3.8, 4) is 0 Å². The van der Waals surface area contributed by atoms with Crippen LogP contribution in [0.15, 0.2) is 41.2 Å². The Morgan fingerprint density at radius 2 is 2.20 bits per heavy atom. The van der Waals surface area contributed by atoms with Gasteiger partial charge in [-0.3, -0.25) is 4.98 Å². The van der Waals surface area contributed by atoms with Crippen LogP contribution in [0.25, 0.3) is 5.57 Å². The molecule has 7 heteroatoms. The first-order valence-corrected chi connectivity index (χ1v) is 10.3. The summed E-state index contributed by atoms with van der Waals surface area (Å²) in [4.78, 5) is 5.91. The maximum atomic E-state index is 12.9. The quantitative estimate of drug-likeness (QED) is 0.365. The monoisotopic (exact) mass is 383 g/mol. The van der Waals surface area contributed by atoms with Gasteiger partial charge >= 0.3 is 0 Å². The van der Waals surface area contributed by atoms with E-state index in [1.54, 1.807) is 11.7 Å². The number of aromatic nitrogens is 1. The Morgan fingerprint density at radius 3 is 2.72 bits per heavy atom. The molecule has 1 aromatic heterocycles. The summed E-state index contributed by atoms with van der Waals surface area (Å²) in [6, 6.07) is 0. The van der Waals surface area contributed by atoms with E-state index in [0.717, 1.165) is 15.4 Å². The maximum absolute atomic E-state index is 12.9. The van der Waals surface area contributed by atoms with Gasteiger partial charge in [-0.2, -0.15) is 0 Å². The van der Waals surface area contributed by atoms with Crippen LogP contribution in [0.3, 0.4) is 0 Å². The molecule has 0 aromatic carbocycles. The second-order valence-electron chi connectivity index (χ2n) is 6.33. The number of rotatable bonds is 10. The lowest BCUT2D eigenvalue weighted by Crippen LogP contribution is -2.37. The Labute approximate surface area is 157 Å². The fourth-order valence-electron chi connectivity index (χ4n) is 2.01. The SMILES string of the molecule is C=C(NCC/C=C(\C(=C/C)c1cncs1)S(=O)NC(C)(C)C)OCC. The van der Waals surface area contributed by atoms with Gasteiger partial charge in [0, 0.05) is 23.9 Å². The predicted octanol–water partition coefficient (Wildman–Crippen LogP) is 3.97. The third-order valence-electron chi connectivity index (χ3n) is 2.97. The minimum Gasteiger partial charge on any atom is -0.480 e. The highest BCUT2D eigenvalue weighted by atomic mass is 32.2. The van der Waals surface area contributed by atoms with Crippen LogP contribution in [0, 0.1) is 0 Å². The highest BCUT2D eigenvalue weighted by molar-refractivity contribution is 7.87.